The summed E-state index contributed by atoms with van der Waals surface area (Å²) in [5.74, 6) is 1.44. The number of nitrogens with one attached hydrogen (secondary N) is 1. The molecule has 2 heterocycles. The van der Waals surface area contributed by atoms with Crippen LogP contribution in [0, 0.1) is 5.92 Å². The van der Waals surface area contributed by atoms with E-state index < -0.39 is 0 Å². The van der Waals surface area contributed by atoms with Crippen LogP contribution in [0.25, 0.3) is 0 Å². The zero-order valence-corrected chi connectivity index (χ0v) is 17.9. The number of ketones is 1. The largest absolute Gasteiger partial charge is 0.381 e. The topological polar surface area (TPSA) is 56.2 Å². The molecule has 1 saturated carbocycles. The zero-order chi connectivity index (χ0) is 20.4. The normalized spacial score (nSPS) is 22.6. The molecule has 0 amide bonds. The number of hydrogen-bond donors (Lipinski definition) is 1. The van der Waals surface area contributed by atoms with Gasteiger partial charge in [0.2, 0.25) is 0 Å². The van der Waals surface area contributed by atoms with Gasteiger partial charge in [-0.1, -0.05) is 18.2 Å². The van der Waals surface area contributed by atoms with Gasteiger partial charge in [-0.05, 0) is 69.7 Å². The van der Waals surface area contributed by atoms with E-state index in [1.165, 1.54) is 24.8 Å². The molecule has 1 aliphatic heterocycles. The van der Waals surface area contributed by atoms with Crippen molar-refractivity contribution in [2.75, 3.05) is 19.8 Å². The second-order valence-electron chi connectivity index (χ2n) is 9.60. The number of carbonyl (C=O) groups is 1. The molecule has 2 unspecified atom stereocenters. The maximum atomic E-state index is 12.8. The Balaban J connectivity index is 1.32. The van der Waals surface area contributed by atoms with Crippen molar-refractivity contribution < 1.29 is 9.53 Å². The van der Waals surface area contributed by atoms with E-state index in [4.69, 9.17) is 4.74 Å². The van der Waals surface area contributed by atoms with Crippen molar-refractivity contribution in [2.24, 2.45) is 5.92 Å². The average Bonchev–Trinajstić information content (AvgIpc) is 3.34. The Labute approximate surface area is 173 Å². The van der Waals surface area contributed by atoms with Gasteiger partial charge in [0.05, 0.1) is 11.7 Å². The molecule has 1 N–H and O–H groups in total. The zero-order valence-electron chi connectivity index (χ0n) is 17.9. The minimum absolute atomic E-state index is 0.0696. The Morgan fingerprint density at radius 1 is 1.28 bits per heavy atom. The lowest BCUT2D eigenvalue weighted by Crippen LogP contribution is -2.29. The molecule has 1 aliphatic carbocycles. The van der Waals surface area contributed by atoms with Crippen LogP contribution < -0.4 is 5.32 Å². The maximum Gasteiger partial charge on any atom is 0.167 e. The third-order valence-corrected chi connectivity index (χ3v) is 6.12. The number of rotatable bonds is 7. The van der Waals surface area contributed by atoms with E-state index in [1.807, 2.05) is 29.2 Å². The molecule has 2 atom stereocenters. The smallest absolute Gasteiger partial charge is 0.167 e. The molecular formula is C24H33N3O2. The second-order valence-corrected chi connectivity index (χ2v) is 9.60. The van der Waals surface area contributed by atoms with Crippen molar-refractivity contribution >= 4 is 5.78 Å². The summed E-state index contributed by atoms with van der Waals surface area (Å²) in [4.78, 5) is 12.8. The number of carbonyl (C=O) groups excluding carboxylic acids is 1. The van der Waals surface area contributed by atoms with Crippen LogP contribution >= 0.6 is 0 Å². The monoisotopic (exact) mass is 395 g/mol. The van der Waals surface area contributed by atoms with Crippen LogP contribution in [0.2, 0.25) is 0 Å². The number of Topliss-reactive ketones (excluding diaryl/α,β-unsaturated/α-hetero) is 1. The van der Waals surface area contributed by atoms with E-state index in [0.717, 1.165) is 36.8 Å². The summed E-state index contributed by atoms with van der Waals surface area (Å²) in [6.45, 7) is 9.21. The van der Waals surface area contributed by atoms with Gasteiger partial charge in [0, 0.05) is 43.4 Å². The summed E-state index contributed by atoms with van der Waals surface area (Å²) < 4.78 is 7.37. The fraction of sp³-hybridized carbons (Fsp3) is 0.583. The molecular weight excluding hydrogens is 362 g/mol. The Hall–Kier alpha value is -1.98. The van der Waals surface area contributed by atoms with Crippen LogP contribution in [0.5, 0.6) is 0 Å². The van der Waals surface area contributed by atoms with Crippen LogP contribution in [-0.2, 0) is 16.7 Å². The Bertz CT molecular complexity index is 846. The van der Waals surface area contributed by atoms with E-state index in [-0.39, 0.29) is 11.3 Å². The first kappa shape index (κ1) is 20.3. The Morgan fingerprint density at radius 2 is 2.07 bits per heavy atom. The van der Waals surface area contributed by atoms with Crippen LogP contribution in [0.3, 0.4) is 0 Å². The summed E-state index contributed by atoms with van der Waals surface area (Å²) in [5.41, 5.74) is 2.99. The van der Waals surface area contributed by atoms with Crippen molar-refractivity contribution in [1.29, 1.82) is 0 Å². The van der Waals surface area contributed by atoms with Gasteiger partial charge in [0.1, 0.15) is 0 Å². The lowest BCUT2D eigenvalue weighted by Gasteiger charge is -2.22. The molecule has 0 spiro atoms. The summed E-state index contributed by atoms with van der Waals surface area (Å²) in [7, 11) is 0. The van der Waals surface area contributed by atoms with Crippen LogP contribution in [0.4, 0.5) is 0 Å². The molecule has 1 aromatic carbocycles. The van der Waals surface area contributed by atoms with Crippen molar-refractivity contribution in [1.82, 2.24) is 15.1 Å². The number of hydrogen-bond acceptors (Lipinski definition) is 4. The fourth-order valence-electron chi connectivity index (χ4n) is 4.11. The highest BCUT2D eigenvalue weighted by Gasteiger charge is 2.38. The summed E-state index contributed by atoms with van der Waals surface area (Å²) in [5, 5.41) is 8.14. The van der Waals surface area contributed by atoms with E-state index in [2.05, 4.69) is 43.3 Å². The predicted molar refractivity (Wildman–Crippen MR) is 114 cm³/mol. The van der Waals surface area contributed by atoms with Crippen molar-refractivity contribution in [3.63, 3.8) is 0 Å². The SMILES string of the molecule is CC(C)(C)n1cc(CC(=O)c2cccc(C3CC3NCC3CCOCC3)c2)cn1. The standard InChI is InChI=1S/C24H33N3O2/c1-24(2,3)27-16-18(15-26-27)11-23(28)20-6-4-5-19(12-20)21-13-22(21)25-14-17-7-9-29-10-8-17/h4-6,12,15-17,21-22,25H,7-11,13-14H2,1-3H3. The molecule has 29 heavy (non-hydrogen) atoms. The molecule has 5 nitrogen and oxygen atoms in total. The number of benzene rings is 1. The van der Waals surface area contributed by atoms with Crippen molar-refractivity contribution in [2.45, 2.75) is 64.0 Å². The quantitative estimate of drug-likeness (QED) is 0.722. The van der Waals surface area contributed by atoms with Crippen LogP contribution in [0.15, 0.2) is 36.7 Å². The molecule has 2 fully saturated rings. The molecule has 2 aromatic rings. The van der Waals surface area contributed by atoms with E-state index >= 15 is 0 Å². The second kappa shape index (κ2) is 8.41. The third-order valence-electron chi connectivity index (χ3n) is 6.12. The molecule has 5 heteroatoms. The highest BCUT2D eigenvalue weighted by Crippen LogP contribution is 2.41. The van der Waals surface area contributed by atoms with Gasteiger partial charge in [-0.15, -0.1) is 0 Å². The molecule has 1 saturated heterocycles. The lowest BCUT2D eigenvalue weighted by molar-refractivity contribution is 0.0662. The van der Waals surface area contributed by atoms with E-state index in [9.17, 15) is 4.79 Å². The van der Waals surface area contributed by atoms with Crippen molar-refractivity contribution in [3.05, 3.63) is 53.3 Å². The van der Waals surface area contributed by atoms with Crippen molar-refractivity contribution in [3.8, 4) is 0 Å². The summed E-state index contributed by atoms with van der Waals surface area (Å²) >= 11 is 0. The fourth-order valence-corrected chi connectivity index (χ4v) is 4.11. The van der Waals surface area contributed by atoms with Crippen LogP contribution in [0.1, 0.15) is 67.4 Å². The number of nitrogens with zero attached hydrogens (tertiary/aromatic N) is 2. The average molecular weight is 396 g/mol. The maximum absolute atomic E-state index is 12.8. The van der Waals surface area contributed by atoms with Gasteiger partial charge in [-0.2, -0.15) is 5.10 Å². The molecule has 1 aromatic heterocycles. The van der Waals surface area contributed by atoms with E-state index in [1.54, 1.807) is 0 Å². The number of aromatic nitrogens is 2. The molecule has 4 rings (SSSR count). The third kappa shape index (κ3) is 5.14. The first-order valence-electron chi connectivity index (χ1n) is 10.9. The van der Waals surface area contributed by atoms with Gasteiger partial charge < -0.3 is 10.1 Å². The van der Waals surface area contributed by atoms with Crippen LogP contribution in [-0.4, -0.2) is 41.4 Å². The highest BCUT2D eigenvalue weighted by atomic mass is 16.5. The first-order chi connectivity index (χ1) is 13.9. The van der Waals surface area contributed by atoms with Gasteiger partial charge in [0.15, 0.2) is 5.78 Å². The van der Waals surface area contributed by atoms with E-state index in [0.29, 0.717) is 18.4 Å². The first-order valence-corrected chi connectivity index (χ1v) is 10.9. The Morgan fingerprint density at radius 3 is 2.79 bits per heavy atom. The van der Waals surface area contributed by atoms with Gasteiger partial charge in [-0.25, -0.2) is 0 Å². The predicted octanol–water partition coefficient (Wildman–Crippen LogP) is 3.94. The molecule has 0 bridgehead atoms. The molecule has 2 aliphatic rings. The molecule has 156 valence electrons. The highest BCUT2D eigenvalue weighted by molar-refractivity contribution is 5.97. The molecule has 0 radical (unpaired) electrons. The van der Waals surface area contributed by atoms with Gasteiger partial charge >= 0.3 is 0 Å². The summed E-state index contributed by atoms with van der Waals surface area (Å²) in [6.07, 6.45) is 7.69. The van der Waals surface area contributed by atoms with Gasteiger partial charge in [0.25, 0.3) is 0 Å². The van der Waals surface area contributed by atoms with Gasteiger partial charge in [-0.3, -0.25) is 9.48 Å². The number of ether oxygens (including phenoxy) is 1. The lowest BCUT2D eigenvalue weighted by atomic mass is 10.00. The minimum atomic E-state index is -0.0696. The summed E-state index contributed by atoms with van der Waals surface area (Å²) in [6, 6.07) is 8.77. The minimum Gasteiger partial charge on any atom is -0.381 e. The Kier molecular flexibility index (Phi) is 5.88.